The molecule has 146 valence electrons. The Labute approximate surface area is 168 Å². The molecular weight excluding hydrogens is 378 g/mol. The number of nitrogens with zero attached hydrogens (tertiary/aromatic N) is 1. The summed E-state index contributed by atoms with van der Waals surface area (Å²) in [4.78, 5) is 38.2. The lowest BCUT2D eigenvalue weighted by molar-refractivity contribution is -0.117. The summed E-state index contributed by atoms with van der Waals surface area (Å²) < 4.78 is 0. The van der Waals surface area contributed by atoms with Crippen LogP contribution in [0.4, 0.5) is 11.4 Å². The molecule has 3 amide bonds. The quantitative estimate of drug-likeness (QED) is 0.781. The number of hydrogen-bond donors (Lipinski definition) is 2. The molecule has 7 heteroatoms. The SMILES string of the molecule is CCc1ccccc1NC(=O)CNC(=O)c1ccc(Cl)c(N2CCCC2=O)c1. The molecule has 0 saturated carbocycles. The van der Waals surface area contributed by atoms with Crippen molar-refractivity contribution in [2.24, 2.45) is 0 Å². The van der Waals surface area contributed by atoms with Gasteiger partial charge in [-0.15, -0.1) is 0 Å². The lowest BCUT2D eigenvalue weighted by Gasteiger charge is -2.18. The number of halogens is 1. The first-order valence-corrected chi connectivity index (χ1v) is 9.63. The molecule has 1 saturated heterocycles. The van der Waals surface area contributed by atoms with Gasteiger partial charge in [-0.2, -0.15) is 0 Å². The molecule has 1 fully saturated rings. The van der Waals surface area contributed by atoms with Crippen LogP contribution in [0.3, 0.4) is 0 Å². The van der Waals surface area contributed by atoms with Crippen molar-refractivity contribution in [1.29, 1.82) is 0 Å². The van der Waals surface area contributed by atoms with Crippen LogP contribution in [0, 0.1) is 0 Å². The summed E-state index contributed by atoms with van der Waals surface area (Å²) in [6.45, 7) is 2.44. The molecule has 0 aromatic heterocycles. The average molecular weight is 400 g/mol. The second kappa shape index (κ2) is 8.89. The molecule has 6 nitrogen and oxygen atoms in total. The van der Waals surface area contributed by atoms with Gasteiger partial charge in [0, 0.05) is 24.2 Å². The summed E-state index contributed by atoms with van der Waals surface area (Å²) in [6.07, 6.45) is 2.04. The molecule has 0 bridgehead atoms. The topological polar surface area (TPSA) is 78.5 Å². The number of anilines is 2. The van der Waals surface area contributed by atoms with Gasteiger partial charge in [-0.3, -0.25) is 14.4 Å². The molecule has 2 N–H and O–H groups in total. The zero-order valence-electron chi connectivity index (χ0n) is 15.6. The van der Waals surface area contributed by atoms with E-state index in [-0.39, 0.29) is 18.4 Å². The monoisotopic (exact) mass is 399 g/mol. The van der Waals surface area contributed by atoms with E-state index in [2.05, 4.69) is 10.6 Å². The highest BCUT2D eigenvalue weighted by Gasteiger charge is 2.24. The van der Waals surface area contributed by atoms with Crippen LogP contribution in [-0.2, 0) is 16.0 Å². The van der Waals surface area contributed by atoms with Crippen LogP contribution in [0.5, 0.6) is 0 Å². The Kier molecular flexibility index (Phi) is 6.31. The van der Waals surface area contributed by atoms with Crippen molar-refractivity contribution >= 4 is 40.7 Å². The van der Waals surface area contributed by atoms with Gasteiger partial charge in [0.1, 0.15) is 0 Å². The Morgan fingerprint density at radius 3 is 2.68 bits per heavy atom. The van der Waals surface area contributed by atoms with Crippen molar-refractivity contribution in [2.45, 2.75) is 26.2 Å². The molecular formula is C21H22ClN3O3. The fourth-order valence-electron chi connectivity index (χ4n) is 3.17. The number of carbonyl (C=O) groups excluding carboxylic acids is 3. The summed E-state index contributed by atoms with van der Waals surface area (Å²) in [7, 11) is 0. The lowest BCUT2D eigenvalue weighted by Crippen LogP contribution is -2.33. The third-order valence-corrected chi connectivity index (χ3v) is 4.97. The Hall–Kier alpha value is -2.86. The number of rotatable bonds is 6. The van der Waals surface area contributed by atoms with Crippen molar-refractivity contribution in [3.8, 4) is 0 Å². The number of para-hydroxylation sites is 1. The number of aryl methyl sites for hydroxylation is 1. The van der Waals surface area contributed by atoms with Crippen LogP contribution in [0.25, 0.3) is 0 Å². The number of carbonyl (C=O) groups is 3. The molecule has 0 atom stereocenters. The van der Waals surface area contributed by atoms with Crippen molar-refractivity contribution in [3.05, 3.63) is 58.6 Å². The van der Waals surface area contributed by atoms with Crippen molar-refractivity contribution in [1.82, 2.24) is 5.32 Å². The highest BCUT2D eigenvalue weighted by molar-refractivity contribution is 6.34. The Balaban J connectivity index is 1.63. The average Bonchev–Trinajstić information content (AvgIpc) is 3.12. The zero-order chi connectivity index (χ0) is 20.1. The van der Waals surface area contributed by atoms with E-state index in [0.29, 0.717) is 29.2 Å². The van der Waals surface area contributed by atoms with Crippen LogP contribution < -0.4 is 15.5 Å². The molecule has 0 spiro atoms. The summed E-state index contributed by atoms with van der Waals surface area (Å²) in [5, 5.41) is 5.84. The van der Waals surface area contributed by atoms with Crippen LogP contribution in [0.1, 0.15) is 35.7 Å². The maximum absolute atomic E-state index is 12.4. The van der Waals surface area contributed by atoms with E-state index in [1.54, 1.807) is 23.1 Å². The van der Waals surface area contributed by atoms with E-state index >= 15 is 0 Å². The van der Waals surface area contributed by atoms with Gasteiger partial charge in [-0.1, -0.05) is 36.7 Å². The second-order valence-electron chi connectivity index (χ2n) is 6.56. The largest absolute Gasteiger partial charge is 0.343 e. The van der Waals surface area contributed by atoms with Gasteiger partial charge in [-0.05, 0) is 42.7 Å². The zero-order valence-corrected chi connectivity index (χ0v) is 16.4. The fraction of sp³-hybridized carbons (Fsp3) is 0.286. The highest BCUT2D eigenvalue weighted by Crippen LogP contribution is 2.30. The van der Waals surface area contributed by atoms with E-state index in [9.17, 15) is 14.4 Å². The standard InChI is InChI=1S/C21H22ClN3O3/c1-2-14-6-3-4-7-17(14)24-19(26)13-23-21(28)15-9-10-16(22)18(12-15)25-11-5-8-20(25)27/h3-4,6-7,9-10,12H,2,5,8,11,13H2,1H3,(H,23,28)(H,24,26). The number of benzene rings is 2. The first-order chi connectivity index (χ1) is 13.5. The summed E-state index contributed by atoms with van der Waals surface area (Å²) >= 11 is 6.20. The molecule has 2 aromatic carbocycles. The predicted molar refractivity (Wildman–Crippen MR) is 110 cm³/mol. The van der Waals surface area contributed by atoms with Crippen LogP contribution >= 0.6 is 11.6 Å². The second-order valence-corrected chi connectivity index (χ2v) is 6.96. The molecule has 1 aliphatic heterocycles. The highest BCUT2D eigenvalue weighted by atomic mass is 35.5. The van der Waals surface area contributed by atoms with Crippen LogP contribution in [-0.4, -0.2) is 30.8 Å². The predicted octanol–water partition coefficient (Wildman–Crippen LogP) is 3.40. The Morgan fingerprint density at radius 2 is 1.96 bits per heavy atom. The first kappa shape index (κ1) is 19.9. The molecule has 28 heavy (non-hydrogen) atoms. The minimum Gasteiger partial charge on any atom is -0.343 e. The smallest absolute Gasteiger partial charge is 0.251 e. The third kappa shape index (κ3) is 4.51. The number of hydrogen-bond acceptors (Lipinski definition) is 3. The minimum absolute atomic E-state index is 0.00609. The molecule has 1 heterocycles. The maximum atomic E-state index is 12.4. The molecule has 0 unspecified atom stereocenters. The maximum Gasteiger partial charge on any atom is 0.251 e. The molecule has 2 aromatic rings. The van der Waals surface area contributed by atoms with Crippen molar-refractivity contribution in [2.75, 3.05) is 23.3 Å². The molecule has 3 rings (SSSR count). The third-order valence-electron chi connectivity index (χ3n) is 4.65. The van der Waals surface area contributed by atoms with Crippen molar-refractivity contribution < 1.29 is 14.4 Å². The van der Waals surface area contributed by atoms with E-state index in [0.717, 1.165) is 24.1 Å². The van der Waals surface area contributed by atoms with E-state index < -0.39 is 5.91 Å². The van der Waals surface area contributed by atoms with Gasteiger partial charge in [-0.25, -0.2) is 0 Å². The van der Waals surface area contributed by atoms with Crippen molar-refractivity contribution in [3.63, 3.8) is 0 Å². The van der Waals surface area contributed by atoms with Gasteiger partial charge >= 0.3 is 0 Å². The Morgan fingerprint density at radius 1 is 1.18 bits per heavy atom. The van der Waals surface area contributed by atoms with Crippen LogP contribution in [0.2, 0.25) is 5.02 Å². The summed E-state index contributed by atoms with van der Waals surface area (Å²) in [5.41, 5.74) is 2.64. The molecule has 0 aliphatic carbocycles. The lowest BCUT2D eigenvalue weighted by atomic mass is 10.1. The minimum atomic E-state index is -0.400. The molecule has 0 radical (unpaired) electrons. The van der Waals surface area contributed by atoms with Crippen LogP contribution in [0.15, 0.2) is 42.5 Å². The summed E-state index contributed by atoms with van der Waals surface area (Å²) in [5.74, 6) is -0.713. The molecule has 1 aliphatic rings. The fourth-order valence-corrected chi connectivity index (χ4v) is 3.39. The van der Waals surface area contributed by atoms with E-state index in [1.165, 1.54) is 0 Å². The summed E-state index contributed by atoms with van der Waals surface area (Å²) in [6, 6.07) is 12.3. The van der Waals surface area contributed by atoms with Gasteiger partial charge in [0.15, 0.2) is 0 Å². The van der Waals surface area contributed by atoms with E-state index in [4.69, 9.17) is 11.6 Å². The van der Waals surface area contributed by atoms with Gasteiger partial charge < -0.3 is 15.5 Å². The Bertz CT molecular complexity index is 914. The van der Waals surface area contributed by atoms with E-state index in [1.807, 2.05) is 31.2 Å². The van der Waals surface area contributed by atoms with Gasteiger partial charge in [0.05, 0.1) is 17.3 Å². The number of nitrogens with one attached hydrogen (secondary N) is 2. The number of amides is 3. The van der Waals surface area contributed by atoms with Gasteiger partial charge in [0.2, 0.25) is 11.8 Å². The van der Waals surface area contributed by atoms with Gasteiger partial charge in [0.25, 0.3) is 5.91 Å². The first-order valence-electron chi connectivity index (χ1n) is 9.25. The normalized spacial score (nSPS) is 13.5.